The zero-order valence-corrected chi connectivity index (χ0v) is 21.5. The zero-order valence-electron chi connectivity index (χ0n) is 21.5. The van der Waals surface area contributed by atoms with Crippen LogP contribution < -0.4 is 20.1 Å². The number of Topliss-reactive ketones (excluding diaryl/α,β-unsaturated/α-hetero) is 1. The van der Waals surface area contributed by atoms with Gasteiger partial charge in [0.1, 0.15) is 23.1 Å². The number of carbonyl (C=O) groups is 3. The third kappa shape index (κ3) is 6.71. The maximum Gasteiger partial charge on any atom is 0.316 e. The topological polar surface area (TPSA) is 132 Å². The number of rotatable bonds is 12. The molecule has 3 atom stereocenters. The Hall–Kier alpha value is -4.31. The molecule has 4 rings (SSSR count). The molecule has 1 aliphatic heterocycles. The minimum Gasteiger partial charge on any atom is -0.497 e. The second-order valence-corrected chi connectivity index (χ2v) is 9.14. The first kappa shape index (κ1) is 26.7. The molecule has 3 aromatic rings. The monoisotopic (exact) mass is 518 g/mol. The average Bonchev–Trinajstić information content (AvgIpc) is 3.71. The van der Waals surface area contributed by atoms with E-state index in [4.69, 9.17) is 14.2 Å². The highest BCUT2D eigenvalue weighted by Crippen LogP contribution is 2.29. The van der Waals surface area contributed by atoms with Crippen molar-refractivity contribution in [2.45, 2.75) is 37.5 Å². The van der Waals surface area contributed by atoms with Crippen molar-refractivity contribution in [1.82, 2.24) is 20.6 Å². The SMILES string of the molecule is COc1ccc(C[C@H](NC(=O)c2ccnc(OC)n2)C(=O)N[C@@H](Cc2ccccc2)C(=O)[C@@]2(C)CO2)cc1. The van der Waals surface area contributed by atoms with Crippen molar-refractivity contribution in [3.05, 3.63) is 83.7 Å². The van der Waals surface area contributed by atoms with Gasteiger partial charge in [0.15, 0.2) is 5.78 Å². The lowest BCUT2D eigenvalue weighted by atomic mass is 9.94. The predicted molar refractivity (Wildman–Crippen MR) is 138 cm³/mol. The Labute approximate surface area is 220 Å². The molecule has 1 fully saturated rings. The van der Waals surface area contributed by atoms with Crippen LogP contribution in [0.4, 0.5) is 0 Å². The molecule has 0 bridgehead atoms. The van der Waals surface area contributed by atoms with Crippen LogP contribution in [-0.4, -0.2) is 66.1 Å². The number of nitrogens with zero attached hydrogens (tertiary/aromatic N) is 2. The zero-order chi connectivity index (χ0) is 27.1. The second kappa shape index (κ2) is 11.8. The van der Waals surface area contributed by atoms with Crippen molar-refractivity contribution < 1.29 is 28.6 Å². The van der Waals surface area contributed by atoms with Crippen LogP contribution in [0.15, 0.2) is 66.9 Å². The van der Waals surface area contributed by atoms with Crippen LogP contribution in [-0.2, 0) is 27.2 Å². The minimum absolute atomic E-state index is 0.0278. The highest BCUT2D eigenvalue weighted by molar-refractivity contribution is 5.99. The lowest BCUT2D eigenvalue weighted by Crippen LogP contribution is -2.55. The van der Waals surface area contributed by atoms with Gasteiger partial charge in [-0.25, -0.2) is 4.98 Å². The summed E-state index contributed by atoms with van der Waals surface area (Å²) < 4.78 is 15.6. The molecule has 10 nitrogen and oxygen atoms in total. The molecule has 0 radical (unpaired) electrons. The van der Waals surface area contributed by atoms with Crippen LogP contribution in [0.25, 0.3) is 0 Å². The van der Waals surface area contributed by atoms with E-state index in [1.165, 1.54) is 19.4 Å². The van der Waals surface area contributed by atoms with Crippen molar-refractivity contribution in [2.75, 3.05) is 20.8 Å². The molecule has 198 valence electrons. The van der Waals surface area contributed by atoms with Gasteiger partial charge in [-0.05, 0) is 42.7 Å². The van der Waals surface area contributed by atoms with Gasteiger partial charge in [0.25, 0.3) is 5.91 Å². The van der Waals surface area contributed by atoms with E-state index in [1.807, 2.05) is 42.5 Å². The van der Waals surface area contributed by atoms with Gasteiger partial charge >= 0.3 is 6.01 Å². The van der Waals surface area contributed by atoms with E-state index in [9.17, 15) is 14.4 Å². The fraction of sp³-hybridized carbons (Fsp3) is 0.321. The maximum atomic E-state index is 13.6. The van der Waals surface area contributed by atoms with Gasteiger partial charge in [-0.15, -0.1) is 0 Å². The molecule has 2 aromatic carbocycles. The summed E-state index contributed by atoms with van der Waals surface area (Å²) in [5.74, 6) is -0.640. The first-order chi connectivity index (χ1) is 18.3. The van der Waals surface area contributed by atoms with Crippen molar-refractivity contribution in [3.8, 4) is 11.8 Å². The number of methoxy groups -OCH3 is 2. The number of aromatic nitrogens is 2. The van der Waals surface area contributed by atoms with Gasteiger partial charge < -0.3 is 24.8 Å². The number of carbonyl (C=O) groups excluding carboxylic acids is 3. The molecule has 0 unspecified atom stereocenters. The Bertz CT molecular complexity index is 1280. The minimum atomic E-state index is -1.00. The third-order valence-corrected chi connectivity index (χ3v) is 6.28. The highest BCUT2D eigenvalue weighted by atomic mass is 16.6. The lowest BCUT2D eigenvalue weighted by Gasteiger charge is -2.24. The van der Waals surface area contributed by atoms with Crippen LogP contribution in [0, 0.1) is 0 Å². The number of nitrogens with one attached hydrogen (secondary N) is 2. The lowest BCUT2D eigenvalue weighted by molar-refractivity contribution is -0.131. The summed E-state index contributed by atoms with van der Waals surface area (Å²) in [4.78, 5) is 47.9. The number of benzene rings is 2. The molecule has 1 saturated heterocycles. The van der Waals surface area contributed by atoms with E-state index in [0.29, 0.717) is 12.4 Å². The third-order valence-electron chi connectivity index (χ3n) is 6.28. The van der Waals surface area contributed by atoms with Gasteiger partial charge in [0, 0.05) is 12.6 Å². The normalized spacial score (nSPS) is 17.6. The van der Waals surface area contributed by atoms with Crippen molar-refractivity contribution in [2.24, 2.45) is 0 Å². The van der Waals surface area contributed by atoms with Gasteiger partial charge in [0.05, 0.1) is 26.9 Å². The highest BCUT2D eigenvalue weighted by Gasteiger charge is 2.50. The van der Waals surface area contributed by atoms with E-state index in [1.54, 1.807) is 26.2 Å². The van der Waals surface area contributed by atoms with Gasteiger partial charge in [-0.1, -0.05) is 42.5 Å². The number of ether oxygens (including phenoxy) is 3. The summed E-state index contributed by atoms with van der Waals surface area (Å²) in [6, 6.07) is 16.2. The Morgan fingerprint density at radius 2 is 1.58 bits per heavy atom. The fourth-order valence-corrected chi connectivity index (χ4v) is 3.95. The molecule has 1 aromatic heterocycles. The largest absolute Gasteiger partial charge is 0.497 e. The standard InChI is InChI=1S/C28H30N4O6/c1-28(17-38-28)24(33)22(15-18-7-5-4-6-8-18)30-26(35)23(16-19-9-11-20(36-2)12-10-19)31-25(34)21-13-14-29-27(32-21)37-3/h4-14,22-23H,15-17H2,1-3H3,(H,30,35)(H,31,34)/t22-,23-,28+/m0/s1. The number of epoxide rings is 1. The average molecular weight is 519 g/mol. The summed E-state index contributed by atoms with van der Waals surface area (Å²) in [6.07, 6.45) is 1.85. The fourth-order valence-electron chi connectivity index (χ4n) is 3.95. The molecular formula is C28H30N4O6. The van der Waals surface area contributed by atoms with E-state index in [-0.39, 0.29) is 30.3 Å². The van der Waals surface area contributed by atoms with Crippen LogP contribution in [0.3, 0.4) is 0 Å². The van der Waals surface area contributed by atoms with E-state index in [2.05, 4.69) is 20.6 Å². The van der Waals surface area contributed by atoms with Crippen LogP contribution in [0.1, 0.15) is 28.5 Å². The first-order valence-corrected chi connectivity index (χ1v) is 12.1. The predicted octanol–water partition coefficient (Wildman–Crippen LogP) is 1.92. The number of ketones is 1. The molecular weight excluding hydrogens is 488 g/mol. The Morgan fingerprint density at radius 1 is 0.921 bits per heavy atom. The summed E-state index contributed by atoms with van der Waals surface area (Å²) in [5, 5.41) is 5.62. The molecule has 1 aliphatic rings. The van der Waals surface area contributed by atoms with Gasteiger partial charge in [-0.2, -0.15) is 4.98 Å². The summed E-state index contributed by atoms with van der Waals surface area (Å²) in [6.45, 7) is 2.01. The van der Waals surface area contributed by atoms with Gasteiger partial charge in [-0.3, -0.25) is 14.4 Å². The van der Waals surface area contributed by atoms with Crippen LogP contribution >= 0.6 is 0 Å². The number of hydrogen-bond donors (Lipinski definition) is 2. The van der Waals surface area contributed by atoms with Crippen LogP contribution in [0.5, 0.6) is 11.8 Å². The molecule has 2 heterocycles. The summed E-state index contributed by atoms with van der Waals surface area (Å²) in [7, 11) is 2.96. The summed E-state index contributed by atoms with van der Waals surface area (Å²) in [5.41, 5.74) is 0.785. The Kier molecular flexibility index (Phi) is 8.32. The summed E-state index contributed by atoms with van der Waals surface area (Å²) >= 11 is 0. The Morgan fingerprint density at radius 3 is 2.21 bits per heavy atom. The second-order valence-electron chi connectivity index (χ2n) is 9.14. The van der Waals surface area contributed by atoms with Crippen molar-refractivity contribution in [3.63, 3.8) is 0 Å². The van der Waals surface area contributed by atoms with Crippen LogP contribution in [0.2, 0.25) is 0 Å². The maximum absolute atomic E-state index is 13.6. The molecule has 38 heavy (non-hydrogen) atoms. The molecule has 10 heteroatoms. The van der Waals surface area contributed by atoms with E-state index < -0.39 is 29.5 Å². The quantitative estimate of drug-likeness (QED) is 0.348. The van der Waals surface area contributed by atoms with E-state index in [0.717, 1.165) is 11.1 Å². The molecule has 2 N–H and O–H groups in total. The Balaban J connectivity index is 1.57. The van der Waals surface area contributed by atoms with Gasteiger partial charge in [0.2, 0.25) is 5.91 Å². The smallest absolute Gasteiger partial charge is 0.316 e. The first-order valence-electron chi connectivity index (χ1n) is 12.1. The van der Waals surface area contributed by atoms with Crippen molar-refractivity contribution in [1.29, 1.82) is 0 Å². The molecule has 0 saturated carbocycles. The molecule has 0 aliphatic carbocycles. The molecule has 0 spiro atoms. The number of amides is 2. The van der Waals surface area contributed by atoms with Crippen molar-refractivity contribution >= 4 is 17.6 Å². The van der Waals surface area contributed by atoms with E-state index >= 15 is 0 Å². The number of hydrogen-bond acceptors (Lipinski definition) is 8. The molecule has 2 amide bonds.